The summed E-state index contributed by atoms with van der Waals surface area (Å²) in [5.41, 5.74) is 0.919. The second kappa shape index (κ2) is 7.67. The first-order valence-electron chi connectivity index (χ1n) is 6.32. The van der Waals surface area contributed by atoms with Crippen molar-refractivity contribution in [2.75, 3.05) is 13.1 Å². The van der Waals surface area contributed by atoms with Crippen LogP contribution in [0.2, 0.25) is 5.02 Å². The molecule has 0 saturated heterocycles. The van der Waals surface area contributed by atoms with E-state index in [-0.39, 0.29) is 5.82 Å². The van der Waals surface area contributed by atoms with E-state index in [4.69, 9.17) is 11.6 Å². The maximum atomic E-state index is 13.2. The Hall–Kier alpha value is -0.600. The van der Waals surface area contributed by atoms with E-state index in [1.54, 1.807) is 12.1 Å². The standard InChI is InChI=1S/C14H21ClFN/c1-3-5-11(10-17-4-2)8-12-9-13(16)6-7-14(12)15/h6-7,9,11,17H,3-5,8,10H2,1-2H3. The molecule has 1 nitrogen and oxygen atoms in total. The molecule has 0 saturated carbocycles. The van der Waals surface area contributed by atoms with Crippen molar-refractivity contribution in [1.82, 2.24) is 5.32 Å². The first-order valence-corrected chi connectivity index (χ1v) is 6.69. The van der Waals surface area contributed by atoms with Crippen molar-refractivity contribution in [3.8, 4) is 0 Å². The fourth-order valence-electron chi connectivity index (χ4n) is 2.04. The Morgan fingerprint density at radius 3 is 2.76 bits per heavy atom. The highest BCUT2D eigenvalue weighted by Gasteiger charge is 2.11. The van der Waals surface area contributed by atoms with Crippen molar-refractivity contribution in [2.45, 2.75) is 33.1 Å². The fraction of sp³-hybridized carbons (Fsp3) is 0.571. The highest BCUT2D eigenvalue weighted by Crippen LogP contribution is 2.22. The van der Waals surface area contributed by atoms with Gasteiger partial charge in [0.1, 0.15) is 5.82 Å². The van der Waals surface area contributed by atoms with Gasteiger partial charge in [-0.25, -0.2) is 4.39 Å². The number of nitrogens with one attached hydrogen (secondary N) is 1. The normalized spacial score (nSPS) is 12.7. The Morgan fingerprint density at radius 2 is 2.12 bits per heavy atom. The van der Waals surface area contributed by atoms with Crippen LogP contribution < -0.4 is 5.32 Å². The molecule has 0 fully saturated rings. The van der Waals surface area contributed by atoms with Crippen LogP contribution in [0.4, 0.5) is 4.39 Å². The third-order valence-electron chi connectivity index (χ3n) is 2.90. The average Bonchev–Trinajstić information content (AvgIpc) is 2.31. The third kappa shape index (κ3) is 5.05. The maximum absolute atomic E-state index is 13.2. The molecule has 0 bridgehead atoms. The van der Waals surface area contributed by atoms with Crippen LogP contribution in [0.5, 0.6) is 0 Å². The molecule has 0 aromatic heterocycles. The lowest BCUT2D eigenvalue weighted by atomic mass is 9.95. The smallest absolute Gasteiger partial charge is 0.123 e. The summed E-state index contributed by atoms with van der Waals surface area (Å²) >= 11 is 6.09. The summed E-state index contributed by atoms with van der Waals surface area (Å²) < 4.78 is 13.2. The third-order valence-corrected chi connectivity index (χ3v) is 3.27. The van der Waals surface area contributed by atoms with Crippen LogP contribution in [-0.4, -0.2) is 13.1 Å². The predicted octanol–water partition coefficient (Wildman–Crippen LogP) is 4.05. The minimum atomic E-state index is -0.205. The Bertz CT molecular complexity index is 341. The maximum Gasteiger partial charge on any atom is 0.123 e. The Morgan fingerprint density at radius 1 is 1.35 bits per heavy atom. The summed E-state index contributed by atoms with van der Waals surface area (Å²) in [4.78, 5) is 0. The average molecular weight is 258 g/mol. The van der Waals surface area contributed by atoms with E-state index < -0.39 is 0 Å². The van der Waals surface area contributed by atoms with Crippen LogP contribution in [0, 0.1) is 11.7 Å². The molecule has 17 heavy (non-hydrogen) atoms. The first-order chi connectivity index (χ1) is 8.17. The molecule has 96 valence electrons. The van der Waals surface area contributed by atoms with Crippen molar-refractivity contribution in [3.63, 3.8) is 0 Å². The SMILES string of the molecule is CCCC(CNCC)Cc1cc(F)ccc1Cl. The largest absolute Gasteiger partial charge is 0.317 e. The van der Waals surface area contributed by atoms with E-state index in [1.165, 1.54) is 6.07 Å². The molecule has 3 heteroatoms. The highest BCUT2D eigenvalue weighted by atomic mass is 35.5. The van der Waals surface area contributed by atoms with Gasteiger partial charge in [-0.15, -0.1) is 0 Å². The molecule has 0 aliphatic heterocycles. The van der Waals surface area contributed by atoms with E-state index >= 15 is 0 Å². The molecule has 0 spiro atoms. The lowest BCUT2D eigenvalue weighted by Crippen LogP contribution is -2.24. The van der Waals surface area contributed by atoms with Crippen LogP contribution in [0.3, 0.4) is 0 Å². The van der Waals surface area contributed by atoms with Crippen LogP contribution in [-0.2, 0) is 6.42 Å². The van der Waals surface area contributed by atoms with Crippen LogP contribution >= 0.6 is 11.6 Å². The summed E-state index contributed by atoms with van der Waals surface area (Å²) in [5, 5.41) is 4.02. The van der Waals surface area contributed by atoms with E-state index in [0.29, 0.717) is 10.9 Å². The first kappa shape index (κ1) is 14.5. The number of benzene rings is 1. The zero-order valence-corrected chi connectivity index (χ0v) is 11.4. The monoisotopic (exact) mass is 257 g/mol. The minimum Gasteiger partial charge on any atom is -0.317 e. The van der Waals surface area contributed by atoms with E-state index in [2.05, 4.69) is 19.2 Å². The molecule has 0 radical (unpaired) electrons. The molecular formula is C14H21ClFN. The molecule has 1 unspecified atom stereocenters. The number of rotatable bonds is 7. The summed E-state index contributed by atoms with van der Waals surface area (Å²) in [5.74, 6) is 0.322. The summed E-state index contributed by atoms with van der Waals surface area (Å²) in [6.07, 6.45) is 3.13. The lowest BCUT2D eigenvalue weighted by Gasteiger charge is -2.17. The highest BCUT2D eigenvalue weighted by molar-refractivity contribution is 6.31. The van der Waals surface area contributed by atoms with Gasteiger partial charge < -0.3 is 5.32 Å². The van der Waals surface area contributed by atoms with Gasteiger partial charge >= 0.3 is 0 Å². The Kier molecular flexibility index (Phi) is 6.53. The number of hydrogen-bond acceptors (Lipinski definition) is 1. The summed E-state index contributed by atoms with van der Waals surface area (Å²) in [7, 11) is 0. The van der Waals surface area contributed by atoms with E-state index in [1.807, 2.05) is 0 Å². The van der Waals surface area contributed by atoms with Crippen molar-refractivity contribution in [1.29, 1.82) is 0 Å². The molecule has 1 atom stereocenters. The topological polar surface area (TPSA) is 12.0 Å². The molecular weight excluding hydrogens is 237 g/mol. The summed E-state index contributed by atoms with van der Waals surface area (Å²) in [6, 6.07) is 4.60. The lowest BCUT2D eigenvalue weighted by molar-refractivity contribution is 0.443. The molecule has 0 aliphatic carbocycles. The van der Waals surface area contributed by atoms with E-state index in [9.17, 15) is 4.39 Å². The minimum absolute atomic E-state index is 0.205. The van der Waals surface area contributed by atoms with Gasteiger partial charge in [0, 0.05) is 5.02 Å². The van der Waals surface area contributed by atoms with Crippen molar-refractivity contribution in [2.24, 2.45) is 5.92 Å². The van der Waals surface area contributed by atoms with Crippen LogP contribution in [0.1, 0.15) is 32.3 Å². The van der Waals surface area contributed by atoms with Gasteiger partial charge in [0.15, 0.2) is 0 Å². The van der Waals surface area contributed by atoms with E-state index in [0.717, 1.165) is 37.9 Å². The molecule has 0 heterocycles. The quantitative estimate of drug-likeness (QED) is 0.777. The molecule has 0 aliphatic rings. The van der Waals surface area contributed by atoms with Gasteiger partial charge in [-0.2, -0.15) is 0 Å². The second-order valence-corrected chi connectivity index (χ2v) is 4.81. The molecule has 1 N–H and O–H groups in total. The Labute approximate surface area is 108 Å². The van der Waals surface area contributed by atoms with Crippen molar-refractivity contribution < 1.29 is 4.39 Å². The fourth-order valence-corrected chi connectivity index (χ4v) is 2.24. The van der Waals surface area contributed by atoms with Crippen LogP contribution in [0.25, 0.3) is 0 Å². The molecule has 1 aromatic carbocycles. The van der Waals surface area contributed by atoms with Gasteiger partial charge in [-0.3, -0.25) is 0 Å². The second-order valence-electron chi connectivity index (χ2n) is 4.40. The number of halogens is 2. The number of hydrogen-bond donors (Lipinski definition) is 1. The van der Waals surface area contributed by atoms with Gasteiger partial charge in [0.05, 0.1) is 0 Å². The zero-order valence-electron chi connectivity index (χ0n) is 10.6. The predicted molar refractivity (Wildman–Crippen MR) is 72.1 cm³/mol. The van der Waals surface area contributed by atoms with Crippen molar-refractivity contribution >= 4 is 11.6 Å². The molecule has 1 aromatic rings. The van der Waals surface area contributed by atoms with Gasteiger partial charge in [-0.05, 0) is 55.6 Å². The summed E-state index contributed by atoms with van der Waals surface area (Å²) in [6.45, 7) is 6.21. The molecule has 0 amide bonds. The van der Waals surface area contributed by atoms with Crippen LogP contribution in [0.15, 0.2) is 18.2 Å². The zero-order chi connectivity index (χ0) is 12.7. The Balaban J connectivity index is 2.67. The van der Waals surface area contributed by atoms with Gasteiger partial charge in [0.25, 0.3) is 0 Å². The van der Waals surface area contributed by atoms with Crippen molar-refractivity contribution in [3.05, 3.63) is 34.6 Å². The van der Waals surface area contributed by atoms with Gasteiger partial charge in [-0.1, -0.05) is 31.9 Å². The van der Waals surface area contributed by atoms with Gasteiger partial charge in [0.2, 0.25) is 0 Å². The molecule has 1 rings (SSSR count).